The molecule has 2 aliphatic rings. The number of anilines is 4. The summed E-state index contributed by atoms with van der Waals surface area (Å²) in [4.78, 5) is 15.4. The van der Waals surface area contributed by atoms with Crippen LogP contribution in [-0.4, -0.2) is 21.8 Å². The molecule has 2 unspecified atom stereocenters. The topological polar surface area (TPSA) is 32.3 Å². The Morgan fingerprint density at radius 3 is 1.29 bits per heavy atom. The number of nitrogens with zero attached hydrogens (tertiary/aromatic N) is 4. The van der Waals surface area contributed by atoms with E-state index in [4.69, 9.17) is 8.75 Å². The van der Waals surface area contributed by atoms with Crippen LogP contribution in [0, 0.1) is 11.8 Å². The van der Waals surface area contributed by atoms with Crippen molar-refractivity contribution in [3.63, 3.8) is 0 Å². The van der Waals surface area contributed by atoms with Gasteiger partial charge in [0, 0.05) is 72.3 Å². The molecule has 3 aromatic heterocycles. The van der Waals surface area contributed by atoms with Gasteiger partial charge in [-0.3, -0.25) is 0 Å². The van der Waals surface area contributed by atoms with Gasteiger partial charge in [0.25, 0.3) is 0 Å². The average molecular weight is 1080 g/mol. The average Bonchev–Trinajstić information content (AvgIpc) is 4.13. The minimum Gasteiger partial charge on any atom is -0.339 e. The summed E-state index contributed by atoms with van der Waals surface area (Å²) in [7, 11) is 0. The highest BCUT2D eigenvalue weighted by atomic mass is 79.9. The number of hydrogen-bond acceptors (Lipinski definition) is 9. The van der Waals surface area contributed by atoms with Crippen molar-refractivity contribution in [3.8, 4) is 41.8 Å². The van der Waals surface area contributed by atoms with Crippen molar-refractivity contribution in [1.29, 1.82) is 0 Å². The lowest BCUT2D eigenvalue weighted by atomic mass is 9.98. The predicted molar refractivity (Wildman–Crippen MR) is 292 cm³/mol. The van der Waals surface area contributed by atoms with E-state index in [2.05, 4.69) is 179 Å². The van der Waals surface area contributed by atoms with Gasteiger partial charge in [-0.25, -0.2) is 0 Å². The fourth-order valence-electron chi connectivity index (χ4n) is 9.31. The number of thiophene rings is 2. The summed E-state index contributed by atoms with van der Waals surface area (Å²) in [6.45, 7) is 11.4. The first-order valence-electron chi connectivity index (χ1n) is 23.1. The summed E-state index contributed by atoms with van der Waals surface area (Å²) >= 11 is 16.3. The molecule has 4 nitrogen and oxygen atoms in total. The molecule has 0 spiro atoms. The van der Waals surface area contributed by atoms with Gasteiger partial charge in [-0.2, -0.15) is 8.75 Å². The molecule has 0 bridgehead atoms. The lowest BCUT2D eigenvalue weighted by Gasteiger charge is -2.35. The van der Waals surface area contributed by atoms with Gasteiger partial charge in [-0.15, -0.1) is 22.7 Å². The predicted octanol–water partition coefficient (Wildman–Crippen LogP) is 19.6. The zero-order chi connectivity index (χ0) is 44.6. The first-order valence-corrected chi connectivity index (χ1v) is 28.6. The van der Waals surface area contributed by atoms with Crippen LogP contribution < -0.4 is 9.80 Å². The number of unbranched alkanes of at least 4 members (excludes halogenated alkanes) is 2. The zero-order valence-corrected chi connectivity index (χ0v) is 44.5. The van der Waals surface area contributed by atoms with E-state index in [1.54, 1.807) is 0 Å². The molecular formula is C54H52Br2N4S5. The Labute approximate surface area is 421 Å². The monoisotopic (exact) mass is 1070 g/mol. The third-order valence-electron chi connectivity index (χ3n) is 13.1. The molecule has 2 atom stereocenters. The summed E-state index contributed by atoms with van der Waals surface area (Å²) < 4.78 is 12.1. The van der Waals surface area contributed by atoms with Crippen LogP contribution in [0.5, 0.6) is 0 Å². The number of fused-ring (bicyclic) bond motifs is 5. The third-order valence-corrected chi connectivity index (χ3v) is 19.1. The number of hydrogen-bond donors (Lipinski definition) is 0. The van der Waals surface area contributed by atoms with Gasteiger partial charge in [0.2, 0.25) is 0 Å². The lowest BCUT2D eigenvalue weighted by molar-refractivity contribution is 0.457. The van der Waals surface area contributed by atoms with Crippen LogP contribution in [0.15, 0.2) is 138 Å². The maximum absolute atomic E-state index is 4.91. The molecule has 0 fully saturated rings. The number of halogens is 2. The van der Waals surface area contributed by atoms with Gasteiger partial charge >= 0.3 is 0 Å². The second-order valence-corrected chi connectivity index (χ2v) is 24.0. The molecule has 5 aromatic carbocycles. The van der Waals surface area contributed by atoms with Crippen LogP contribution in [0.4, 0.5) is 22.7 Å². The molecule has 5 heterocycles. The Morgan fingerprint density at radius 1 is 0.477 bits per heavy atom. The fraction of sp³-hybridized carbons (Fsp3) is 0.296. The maximum atomic E-state index is 4.91. The van der Waals surface area contributed by atoms with Crippen molar-refractivity contribution < 1.29 is 0 Å². The Bertz CT molecular complexity index is 2790. The molecule has 0 N–H and O–H groups in total. The Morgan fingerprint density at radius 2 is 0.877 bits per heavy atom. The van der Waals surface area contributed by atoms with Crippen molar-refractivity contribution >= 4 is 124 Å². The Kier molecular flexibility index (Phi) is 14.0. The minimum absolute atomic E-state index is 0.661. The standard InChI is InChI=1S/C54H52Br2N4S5/c1-5-9-11-33(7-3)31-59-41-19-13-35(27-49(41)63-51-29-37(55)15-21-43(51)59)45-23-25-47(61-45)39-17-18-40(54-53(39)57-65-58-54)48-26-24-46(62-48)36-14-20-42-50(28-36)64-52-30-38(56)16-22-44(52)60(42)32-34(8-4)12-10-6-2/h13-30,33-34H,5-12,31-32H2,1-4H3. The molecule has 0 saturated heterocycles. The van der Waals surface area contributed by atoms with E-state index in [0.29, 0.717) is 11.8 Å². The summed E-state index contributed by atoms with van der Waals surface area (Å²) in [5, 5.41) is 0. The molecule has 0 aliphatic carbocycles. The van der Waals surface area contributed by atoms with Gasteiger partial charge in [-0.05, 0) is 121 Å². The molecule has 0 radical (unpaired) electrons. The third kappa shape index (κ3) is 9.29. The number of rotatable bonds is 16. The van der Waals surface area contributed by atoms with E-state index < -0.39 is 0 Å². The lowest BCUT2D eigenvalue weighted by Crippen LogP contribution is -2.27. The van der Waals surface area contributed by atoms with Gasteiger partial charge < -0.3 is 9.80 Å². The largest absolute Gasteiger partial charge is 0.339 e. The number of benzene rings is 5. The van der Waals surface area contributed by atoms with Crippen LogP contribution in [0.3, 0.4) is 0 Å². The van der Waals surface area contributed by atoms with Crippen molar-refractivity contribution in [2.24, 2.45) is 11.8 Å². The summed E-state index contributed by atoms with van der Waals surface area (Å²) in [5.74, 6) is 1.32. The van der Waals surface area contributed by atoms with Crippen LogP contribution in [0.1, 0.15) is 79.1 Å². The number of aromatic nitrogens is 2. The van der Waals surface area contributed by atoms with Gasteiger partial charge in [0.05, 0.1) is 34.5 Å². The maximum Gasteiger partial charge on any atom is 0.114 e. The quantitative estimate of drug-likeness (QED) is 0.0959. The fourth-order valence-corrected chi connectivity index (χ4v) is 15.3. The van der Waals surface area contributed by atoms with Gasteiger partial charge in [0.15, 0.2) is 0 Å². The molecule has 0 saturated carbocycles. The first kappa shape index (κ1) is 45.4. The van der Waals surface area contributed by atoms with Crippen LogP contribution in [-0.2, 0) is 0 Å². The van der Waals surface area contributed by atoms with Crippen LogP contribution >= 0.6 is 89.8 Å². The van der Waals surface area contributed by atoms with Gasteiger partial charge in [0.1, 0.15) is 11.0 Å². The molecular weight excluding hydrogens is 1020 g/mol. The Hall–Kier alpha value is -3.42. The smallest absolute Gasteiger partial charge is 0.114 e. The van der Waals surface area contributed by atoms with E-state index in [9.17, 15) is 0 Å². The van der Waals surface area contributed by atoms with Crippen molar-refractivity contribution in [1.82, 2.24) is 8.75 Å². The highest BCUT2D eigenvalue weighted by Gasteiger charge is 2.28. The van der Waals surface area contributed by atoms with E-state index in [1.807, 2.05) is 46.2 Å². The van der Waals surface area contributed by atoms with E-state index in [0.717, 1.165) is 44.2 Å². The van der Waals surface area contributed by atoms with Gasteiger partial charge in [-0.1, -0.05) is 146 Å². The first-order chi connectivity index (χ1) is 31.8. The molecule has 10 rings (SSSR count). The molecule has 2 aliphatic heterocycles. The summed E-state index contributed by atoms with van der Waals surface area (Å²) in [6, 6.07) is 41.3. The molecule has 0 amide bonds. The second-order valence-electron chi connectivity index (χ2n) is 17.3. The molecule has 332 valence electrons. The van der Waals surface area contributed by atoms with Crippen molar-refractivity contribution in [2.45, 2.75) is 98.6 Å². The highest BCUT2D eigenvalue weighted by molar-refractivity contribution is 9.10. The molecule has 65 heavy (non-hydrogen) atoms. The minimum atomic E-state index is 0.661. The Balaban J connectivity index is 0.913. The molecule has 11 heteroatoms. The van der Waals surface area contributed by atoms with E-state index in [1.165, 1.54) is 136 Å². The second kappa shape index (κ2) is 20.0. The van der Waals surface area contributed by atoms with E-state index in [-0.39, 0.29) is 0 Å². The van der Waals surface area contributed by atoms with Crippen molar-refractivity contribution in [3.05, 3.63) is 118 Å². The molecule has 8 aromatic rings. The SMILES string of the molecule is CCCCC(CC)CN1c2ccc(Br)cc2Sc2cc(-c3ccc(-c4ccc(-c5ccc(-c6ccc7c(c6)Sc6cc(Br)ccc6N7CC(CC)CCCC)s5)c5nsnc45)s3)ccc21. The normalized spacial score (nSPS) is 14.0. The van der Waals surface area contributed by atoms with Crippen LogP contribution in [0.2, 0.25) is 0 Å². The summed E-state index contributed by atoms with van der Waals surface area (Å²) in [5.41, 5.74) is 12.0. The summed E-state index contributed by atoms with van der Waals surface area (Å²) in [6.07, 6.45) is 9.98. The van der Waals surface area contributed by atoms with Crippen LogP contribution in [0.25, 0.3) is 52.8 Å². The zero-order valence-electron chi connectivity index (χ0n) is 37.2. The highest BCUT2D eigenvalue weighted by Crippen LogP contribution is 2.53. The van der Waals surface area contributed by atoms with Crippen molar-refractivity contribution in [2.75, 3.05) is 22.9 Å². The van der Waals surface area contributed by atoms with E-state index >= 15 is 0 Å².